The monoisotopic (exact) mass is 385 g/mol. The Kier molecular flexibility index (Phi) is 6.71. The van der Waals surface area contributed by atoms with Crippen LogP contribution in [-0.2, 0) is 32.4 Å². The largest absolute Gasteiger partial charge is 0.383 e. The maximum Gasteiger partial charge on any atom is 0.227 e. The van der Waals surface area contributed by atoms with E-state index in [0.717, 1.165) is 31.5 Å². The number of hydrogen-bond acceptors (Lipinski definition) is 6. The van der Waals surface area contributed by atoms with Crippen LogP contribution in [-0.4, -0.2) is 68.6 Å². The number of nitrogens with zero attached hydrogens (tertiary/aromatic N) is 3. The first kappa shape index (κ1) is 19.8. The molecule has 26 heavy (non-hydrogen) atoms. The SMILES string of the molecule is COCCn1c(CN2CCCC[C@@H]2COC)cnc1S(=O)(=O)CC1CC1. The third kappa shape index (κ3) is 4.85. The first-order valence-corrected chi connectivity index (χ1v) is 11.2. The molecule has 1 aliphatic heterocycles. The Morgan fingerprint density at radius 2 is 2.00 bits per heavy atom. The van der Waals surface area contributed by atoms with Crippen LogP contribution in [0.15, 0.2) is 11.4 Å². The highest BCUT2D eigenvalue weighted by atomic mass is 32.2. The van der Waals surface area contributed by atoms with E-state index in [1.54, 1.807) is 20.4 Å². The van der Waals surface area contributed by atoms with E-state index in [-0.39, 0.29) is 10.9 Å². The predicted octanol–water partition coefficient (Wildman–Crippen LogP) is 1.71. The number of rotatable bonds is 10. The number of methoxy groups -OCH3 is 2. The number of piperidine rings is 1. The lowest BCUT2D eigenvalue weighted by Crippen LogP contribution is -2.42. The van der Waals surface area contributed by atoms with Crippen LogP contribution >= 0.6 is 0 Å². The summed E-state index contributed by atoms with van der Waals surface area (Å²) in [6.07, 6.45) is 7.25. The Morgan fingerprint density at radius 3 is 2.69 bits per heavy atom. The highest BCUT2D eigenvalue weighted by Gasteiger charge is 2.33. The molecule has 2 aliphatic rings. The van der Waals surface area contributed by atoms with E-state index in [2.05, 4.69) is 9.88 Å². The van der Waals surface area contributed by atoms with Crippen LogP contribution < -0.4 is 0 Å². The van der Waals surface area contributed by atoms with Crippen molar-refractivity contribution >= 4 is 9.84 Å². The number of sulfone groups is 1. The van der Waals surface area contributed by atoms with Gasteiger partial charge in [-0.2, -0.15) is 0 Å². The average Bonchev–Trinajstić information content (AvgIpc) is 3.32. The maximum absolute atomic E-state index is 12.8. The number of aromatic nitrogens is 2. The smallest absolute Gasteiger partial charge is 0.227 e. The molecule has 1 saturated heterocycles. The normalized spacial score (nSPS) is 22.0. The van der Waals surface area contributed by atoms with Gasteiger partial charge in [0.15, 0.2) is 0 Å². The third-order valence-corrected chi connectivity index (χ3v) is 7.12. The molecule has 0 spiro atoms. The molecular formula is C18H31N3O4S. The number of imidazole rings is 1. The van der Waals surface area contributed by atoms with Crippen LogP contribution in [0, 0.1) is 5.92 Å². The second kappa shape index (κ2) is 8.82. The van der Waals surface area contributed by atoms with E-state index in [1.165, 1.54) is 12.8 Å². The zero-order chi connectivity index (χ0) is 18.6. The lowest BCUT2D eigenvalue weighted by Gasteiger charge is -2.35. The van der Waals surface area contributed by atoms with Crippen LogP contribution in [0.3, 0.4) is 0 Å². The van der Waals surface area contributed by atoms with E-state index >= 15 is 0 Å². The van der Waals surface area contributed by atoms with Crippen molar-refractivity contribution in [2.75, 3.05) is 39.7 Å². The van der Waals surface area contributed by atoms with Gasteiger partial charge in [-0.25, -0.2) is 13.4 Å². The van der Waals surface area contributed by atoms with Gasteiger partial charge in [-0.1, -0.05) is 6.42 Å². The van der Waals surface area contributed by atoms with Gasteiger partial charge < -0.3 is 14.0 Å². The minimum atomic E-state index is -3.35. The molecule has 1 aromatic rings. The van der Waals surface area contributed by atoms with E-state index in [9.17, 15) is 8.42 Å². The fourth-order valence-electron chi connectivity index (χ4n) is 3.71. The molecule has 148 valence electrons. The quantitative estimate of drug-likeness (QED) is 0.610. The molecule has 0 bridgehead atoms. The average molecular weight is 386 g/mol. The summed E-state index contributed by atoms with van der Waals surface area (Å²) >= 11 is 0. The Balaban J connectivity index is 1.81. The summed E-state index contributed by atoms with van der Waals surface area (Å²) in [6, 6.07) is 0.381. The highest BCUT2D eigenvalue weighted by molar-refractivity contribution is 7.91. The summed E-state index contributed by atoms with van der Waals surface area (Å²) in [6.45, 7) is 3.39. The lowest BCUT2D eigenvalue weighted by atomic mass is 10.0. The molecule has 3 rings (SSSR count). The van der Waals surface area contributed by atoms with Gasteiger partial charge in [-0.3, -0.25) is 4.90 Å². The molecule has 7 nitrogen and oxygen atoms in total. The minimum Gasteiger partial charge on any atom is -0.383 e. The lowest BCUT2D eigenvalue weighted by molar-refractivity contribution is 0.0580. The molecule has 2 heterocycles. The Morgan fingerprint density at radius 1 is 1.19 bits per heavy atom. The maximum atomic E-state index is 12.8. The molecule has 0 unspecified atom stereocenters. The van der Waals surface area contributed by atoms with Crippen molar-refractivity contribution in [3.05, 3.63) is 11.9 Å². The van der Waals surface area contributed by atoms with Gasteiger partial charge in [0.05, 0.1) is 30.9 Å². The Bertz CT molecular complexity index is 683. The summed E-state index contributed by atoms with van der Waals surface area (Å²) in [7, 11) is 0.0187. The van der Waals surface area contributed by atoms with Crippen molar-refractivity contribution in [1.82, 2.24) is 14.5 Å². The van der Waals surface area contributed by atoms with Gasteiger partial charge in [-0.15, -0.1) is 0 Å². The zero-order valence-electron chi connectivity index (χ0n) is 15.9. The van der Waals surface area contributed by atoms with Crippen LogP contribution in [0.25, 0.3) is 0 Å². The van der Waals surface area contributed by atoms with E-state index in [1.807, 2.05) is 4.57 Å². The molecule has 1 aromatic heterocycles. The fourth-order valence-corrected chi connectivity index (χ4v) is 5.58. The number of likely N-dealkylation sites (tertiary alicyclic amines) is 1. The second-order valence-electron chi connectivity index (χ2n) is 7.48. The van der Waals surface area contributed by atoms with Gasteiger partial charge >= 0.3 is 0 Å². The fraction of sp³-hybridized carbons (Fsp3) is 0.833. The number of hydrogen-bond donors (Lipinski definition) is 0. The van der Waals surface area contributed by atoms with Crippen molar-refractivity contribution in [3.63, 3.8) is 0 Å². The van der Waals surface area contributed by atoms with Gasteiger partial charge in [0, 0.05) is 33.4 Å². The van der Waals surface area contributed by atoms with Crippen LogP contribution in [0.2, 0.25) is 0 Å². The predicted molar refractivity (Wildman–Crippen MR) is 98.8 cm³/mol. The van der Waals surface area contributed by atoms with E-state index in [4.69, 9.17) is 9.47 Å². The molecule has 0 amide bonds. The summed E-state index contributed by atoms with van der Waals surface area (Å²) < 4.78 is 38.0. The molecule has 1 saturated carbocycles. The highest BCUT2D eigenvalue weighted by Crippen LogP contribution is 2.32. The number of ether oxygens (including phenoxy) is 2. The van der Waals surface area contributed by atoms with Gasteiger partial charge in [0.2, 0.25) is 15.0 Å². The Hall–Kier alpha value is -0.960. The van der Waals surface area contributed by atoms with Crippen molar-refractivity contribution in [3.8, 4) is 0 Å². The summed E-state index contributed by atoms with van der Waals surface area (Å²) in [5, 5.41) is 0.205. The molecule has 0 aromatic carbocycles. The van der Waals surface area contributed by atoms with E-state index < -0.39 is 9.84 Å². The standard InChI is InChI=1S/C18H31N3O4S/c1-24-10-9-21-17(12-20-8-4-3-5-16(20)13-25-2)11-19-18(21)26(22,23)14-15-6-7-15/h11,15-16H,3-10,12-14H2,1-2H3/t16-/m1/s1. The first-order valence-electron chi connectivity index (χ1n) is 9.54. The third-order valence-electron chi connectivity index (χ3n) is 5.32. The van der Waals surface area contributed by atoms with Crippen molar-refractivity contribution < 1.29 is 17.9 Å². The van der Waals surface area contributed by atoms with Crippen LogP contribution in [0.4, 0.5) is 0 Å². The molecule has 1 aliphatic carbocycles. The van der Waals surface area contributed by atoms with Gasteiger partial charge in [0.1, 0.15) is 0 Å². The van der Waals surface area contributed by atoms with E-state index in [0.29, 0.717) is 38.3 Å². The molecular weight excluding hydrogens is 354 g/mol. The summed E-state index contributed by atoms with van der Waals surface area (Å²) in [5.74, 6) is 0.524. The van der Waals surface area contributed by atoms with Crippen LogP contribution in [0.5, 0.6) is 0 Å². The van der Waals surface area contributed by atoms with Gasteiger partial charge in [-0.05, 0) is 38.1 Å². The molecule has 0 radical (unpaired) electrons. The van der Waals surface area contributed by atoms with Crippen molar-refractivity contribution in [1.29, 1.82) is 0 Å². The topological polar surface area (TPSA) is 73.7 Å². The molecule has 0 N–H and O–H groups in total. The Labute approximate surface area is 156 Å². The first-order chi connectivity index (χ1) is 12.5. The molecule has 1 atom stereocenters. The van der Waals surface area contributed by atoms with Crippen LogP contribution in [0.1, 0.15) is 37.8 Å². The van der Waals surface area contributed by atoms with Crippen molar-refractivity contribution in [2.45, 2.75) is 56.4 Å². The summed E-state index contributed by atoms with van der Waals surface area (Å²) in [4.78, 5) is 6.71. The van der Waals surface area contributed by atoms with Crippen molar-refractivity contribution in [2.24, 2.45) is 5.92 Å². The van der Waals surface area contributed by atoms with Gasteiger partial charge in [0.25, 0.3) is 0 Å². The summed E-state index contributed by atoms with van der Waals surface area (Å²) in [5.41, 5.74) is 0.944. The zero-order valence-corrected chi connectivity index (χ0v) is 16.7. The molecule has 2 fully saturated rings. The second-order valence-corrected chi connectivity index (χ2v) is 9.40. The minimum absolute atomic E-state index is 0.205. The molecule has 8 heteroatoms.